The average Bonchev–Trinajstić information content (AvgIpc) is 3.40. The first-order valence-electron chi connectivity index (χ1n) is 12.1. The Morgan fingerprint density at radius 2 is 1.77 bits per heavy atom. The second-order valence-electron chi connectivity index (χ2n) is 9.09. The monoisotopic (exact) mass is 484 g/mol. The normalized spacial score (nSPS) is 14.3. The van der Waals surface area contributed by atoms with Crippen LogP contribution in [-0.2, 0) is 24.2 Å². The Labute approximate surface area is 203 Å². The van der Waals surface area contributed by atoms with E-state index in [1.54, 1.807) is 13.0 Å². The lowest BCUT2D eigenvalue weighted by Crippen LogP contribution is -2.17. The zero-order valence-electron chi connectivity index (χ0n) is 20.1. The van der Waals surface area contributed by atoms with Crippen molar-refractivity contribution in [2.24, 2.45) is 5.92 Å². The summed E-state index contributed by atoms with van der Waals surface area (Å²) in [5, 5.41) is 8.79. The van der Waals surface area contributed by atoms with Crippen molar-refractivity contribution in [3.8, 4) is 0 Å². The number of aryl methyl sites for hydroxylation is 1. The summed E-state index contributed by atoms with van der Waals surface area (Å²) < 4.78 is 35.9. The SMILES string of the molecule is CCOC(=O)c1cc(CC(=O)c2cc(C)n(CC3CCCCC3)n2)n(Cc2ccc(F)cc2F)n1. The van der Waals surface area contributed by atoms with Crippen LogP contribution in [0.4, 0.5) is 8.78 Å². The van der Waals surface area contributed by atoms with Crippen LogP contribution in [0.2, 0.25) is 0 Å². The maximum Gasteiger partial charge on any atom is 0.358 e. The van der Waals surface area contributed by atoms with Crippen molar-refractivity contribution in [3.05, 3.63) is 70.3 Å². The number of benzene rings is 1. The molecule has 0 bridgehead atoms. The summed E-state index contributed by atoms with van der Waals surface area (Å²) in [5.41, 5.74) is 1.90. The van der Waals surface area contributed by atoms with Crippen LogP contribution in [0.5, 0.6) is 0 Å². The molecule has 1 fully saturated rings. The molecule has 2 heterocycles. The zero-order chi connectivity index (χ0) is 24.9. The lowest BCUT2D eigenvalue weighted by Gasteiger charge is -2.21. The van der Waals surface area contributed by atoms with Crippen molar-refractivity contribution in [3.63, 3.8) is 0 Å². The van der Waals surface area contributed by atoms with E-state index in [1.807, 2.05) is 11.6 Å². The maximum absolute atomic E-state index is 14.3. The minimum atomic E-state index is -0.729. The number of aromatic nitrogens is 4. The Bertz CT molecular complexity index is 1210. The predicted molar refractivity (Wildman–Crippen MR) is 125 cm³/mol. The molecule has 4 rings (SSSR count). The number of hydrogen-bond donors (Lipinski definition) is 0. The van der Waals surface area contributed by atoms with Crippen LogP contribution in [0.25, 0.3) is 0 Å². The number of nitrogens with zero attached hydrogens (tertiary/aromatic N) is 4. The predicted octanol–water partition coefficient (Wildman–Crippen LogP) is 4.90. The van der Waals surface area contributed by atoms with Gasteiger partial charge in [0.1, 0.15) is 17.3 Å². The fourth-order valence-corrected chi connectivity index (χ4v) is 4.55. The van der Waals surface area contributed by atoms with Crippen molar-refractivity contribution >= 4 is 11.8 Å². The first-order chi connectivity index (χ1) is 16.8. The summed E-state index contributed by atoms with van der Waals surface area (Å²) in [6, 6.07) is 6.51. The number of hydrogen-bond acceptors (Lipinski definition) is 5. The molecular weight excluding hydrogens is 454 g/mol. The molecule has 0 atom stereocenters. The quantitative estimate of drug-likeness (QED) is 0.319. The zero-order valence-corrected chi connectivity index (χ0v) is 20.1. The molecule has 7 nitrogen and oxygen atoms in total. The van der Waals surface area contributed by atoms with Gasteiger partial charge < -0.3 is 4.74 Å². The van der Waals surface area contributed by atoms with E-state index in [1.165, 1.54) is 48.9 Å². The molecule has 0 radical (unpaired) electrons. The Balaban J connectivity index is 1.55. The lowest BCUT2D eigenvalue weighted by molar-refractivity contribution is 0.0518. The third-order valence-electron chi connectivity index (χ3n) is 6.45. The van der Waals surface area contributed by atoms with Gasteiger partial charge in [-0.2, -0.15) is 10.2 Å². The van der Waals surface area contributed by atoms with Crippen LogP contribution in [0, 0.1) is 24.5 Å². The van der Waals surface area contributed by atoms with E-state index < -0.39 is 17.6 Å². The van der Waals surface area contributed by atoms with Crippen LogP contribution in [-0.4, -0.2) is 37.9 Å². The van der Waals surface area contributed by atoms with E-state index in [4.69, 9.17) is 4.74 Å². The summed E-state index contributed by atoms with van der Waals surface area (Å²) in [5.74, 6) is -1.70. The van der Waals surface area contributed by atoms with E-state index in [-0.39, 0.29) is 36.6 Å². The number of ether oxygens (including phenoxy) is 1. The van der Waals surface area contributed by atoms with Crippen LogP contribution in [0.1, 0.15) is 77.0 Å². The van der Waals surface area contributed by atoms with Crippen molar-refractivity contribution in [1.29, 1.82) is 0 Å². The molecule has 0 amide bonds. The van der Waals surface area contributed by atoms with Gasteiger partial charge in [0.15, 0.2) is 11.5 Å². The number of carbonyl (C=O) groups is 2. The number of Topliss-reactive ketones (excluding diaryl/α,β-unsaturated/α-hetero) is 1. The highest BCUT2D eigenvalue weighted by atomic mass is 19.1. The molecule has 0 aliphatic heterocycles. The van der Waals surface area contributed by atoms with Crippen LogP contribution >= 0.6 is 0 Å². The first-order valence-corrected chi connectivity index (χ1v) is 12.1. The molecule has 0 unspecified atom stereocenters. The fraction of sp³-hybridized carbons (Fsp3) is 0.462. The lowest BCUT2D eigenvalue weighted by atomic mass is 9.89. The number of carbonyl (C=O) groups excluding carboxylic acids is 2. The van der Waals surface area contributed by atoms with E-state index in [2.05, 4.69) is 10.2 Å². The molecule has 35 heavy (non-hydrogen) atoms. The van der Waals surface area contributed by atoms with Crippen molar-refractivity contribution in [1.82, 2.24) is 19.6 Å². The van der Waals surface area contributed by atoms with Gasteiger partial charge >= 0.3 is 5.97 Å². The smallest absolute Gasteiger partial charge is 0.358 e. The number of esters is 1. The molecule has 2 aromatic heterocycles. The average molecular weight is 485 g/mol. The number of rotatable bonds is 9. The largest absolute Gasteiger partial charge is 0.461 e. The van der Waals surface area contributed by atoms with Gasteiger partial charge in [-0.05, 0) is 50.8 Å². The van der Waals surface area contributed by atoms with Crippen molar-refractivity contribution < 1.29 is 23.1 Å². The summed E-state index contributed by atoms with van der Waals surface area (Å²) in [6.07, 6.45) is 6.03. The number of halogens is 2. The van der Waals surface area contributed by atoms with Gasteiger partial charge in [-0.15, -0.1) is 0 Å². The molecule has 186 valence electrons. The highest BCUT2D eigenvalue weighted by Gasteiger charge is 2.22. The van der Waals surface area contributed by atoms with Gasteiger partial charge in [0, 0.05) is 29.6 Å². The third kappa shape index (κ3) is 6.01. The van der Waals surface area contributed by atoms with Crippen LogP contribution < -0.4 is 0 Å². The van der Waals surface area contributed by atoms with E-state index in [9.17, 15) is 18.4 Å². The third-order valence-corrected chi connectivity index (χ3v) is 6.45. The van der Waals surface area contributed by atoms with Gasteiger partial charge in [-0.1, -0.05) is 25.3 Å². The molecule has 1 aliphatic rings. The Morgan fingerprint density at radius 3 is 2.49 bits per heavy atom. The Kier molecular flexibility index (Phi) is 7.73. The maximum atomic E-state index is 14.3. The number of ketones is 1. The summed E-state index contributed by atoms with van der Waals surface area (Å²) >= 11 is 0. The van der Waals surface area contributed by atoms with E-state index in [0.29, 0.717) is 17.3 Å². The fourth-order valence-electron chi connectivity index (χ4n) is 4.55. The van der Waals surface area contributed by atoms with Crippen LogP contribution in [0.3, 0.4) is 0 Å². The highest BCUT2D eigenvalue weighted by molar-refractivity contribution is 5.96. The molecule has 0 N–H and O–H groups in total. The molecule has 1 aromatic carbocycles. The highest BCUT2D eigenvalue weighted by Crippen LogP contribution is 2.25. The van der Waals surface area contributed by atoms with E-state index in [0.717, 1.165) is 24.4 Å². The molecule has 9 heteroatoms. The molecule has 3 aromatic rings. The first kappa shape index (κ1) is 24.8. The molecular formula is C26H30F2N4O3. The van der Waals surface area contributed by atoms with Gasteiger partial charge in [-0.25, -0.2) is 13.6 Å². The summed E-state index contributed by atoms with van der Waals surface area (Å²) in [4.78, 5) is 25.4. The topological polar surface area (TPSA) is 79.0 Å². The summed E-state index contributed by atoms with van der Waals surface area (Å²) in [6.45, 7) is 4.52. The minimum absolute atomic E-state index is 0.0242. The second-order valence-corrected chi connectivity index (χ2v) is 9.09. The van der Waals surface area contributed by atoms with Crippen molar-refractivity contribution in [2.45, 2.75) is 65.5 Å². The Hall–Kier alpha value is -3.36. The molecule has 1 aliphatic carbocycles. The Morgan fingerprint density at radius 1 is 1.03 bits per heavy atom. The van der Waals surface area contributed by atoms with Crippen molar-refractivity contribution in [2.75, 3.05) is 6.61 Å². The standard InChI is InChI=1S/C26H30F2N4O3/c1-3-35-26(34)24-13-21(32(30-24)16-19-9-10-20(27)12-22(19)28)14-25(33)23-11-17(2)31(29-23)15-18-7-5-4-6-8-18/h9-13,18H,3-8,14-16H2,1-2H3. The van der Waals surface area contributed by atoms with Gasteiger partial charge in [0.2, 0.25) is 0 Å². The molecule has 0 saturated heterocycles. The van der Waals surface area contributed by atoms with Gasteiger partial charge in [0.05, 0.1) is 19.6 Å². The summed E-state index contributed by atoms with van der Waals surface area (Å²) in [7, 11) is 0. The molecule has 1 saturated carbocycles. The van der Waals surface area contributed by atoms with E-state index >= 15 is 0 Å². The van der Waals surface area contributed by atoms with Gasteiger partial charge in [-0.3, -0.25) is 14.2 Å². The van der Waals surface area contributed by atoms with Gasteiger partial charge in [0.25, 0.3) is 0 Å². The van der Waals surface area contributed by atoms with Crippen LogP contribution in [0.15, 0.2) is 30.3 Å². The molecule has 0 spiro atoms. The second kappa shape index (κ2) is 10.9. The minimum Gasteiger partial charge on any atom is -0.461 e.